The van der Waals surface area contributed by atoms with Crippen LogP contribution in [0.1, 0.15) is 33.1 Å². The molecule has 0 saturated heterocycles. The van der Waals surface area contributed by atoms with Gasteiger partial charge in [-0.3, -0.25) is 0 Å². The van der Waals surface area contributed by atoms with Crippen molar-refractivity contribution in [3.8, 4) is 11.5 Å². The minimum atomic E-state index is -0.467. The van der Waals surface area contributed by atoms with Gasteiger partial charge in [-0.25, -0.2) is 9.59 Å². The Labute approximate surface area is 197 Å². The van der Waals surface area contributed by atoms with Crippen LogP contribution in [0.4, 0.5) is 0 Å². The Bertz CT molecular complexity index is 953. The second kappa shape index (κ2) is 6.58. The molecule has 0 aliphatic heterocycles. The summed E-state index contributed by atoms with van der Waals surface area (Å²) in [7, 11) is 0. The molecule has 4 fully saturated rings. The van der Waals surface area contributed by atoms with Crippen LogP contribution >= 0.6 is 45.2 Å². The molecule has 0 N–H and O–H groups in total. The molecule has 4 saturated carbocycles. The molecule has 0 aromatic heterocycles. The summed E-state index contributed by atoms with van der Waals surface area (Å²) in [5.41, 5.74) is 0.551. The topological polar surface area (TPSA) is 61.8 Å². The van der Waals surface area contributed by atoms with Crippen molar-refractivity contribution in [2.45, 2.75) is 38.7 Å². The molecule has 1 aromatic rings. The van der Waals surface area contributed by atoms with E-state index in [1.165, 1.54) is 19.3 Å². The number of hydrogen-bond acceptors (Lipinski definition) is 5. The van der Waals surface area contributed by atoms with Crippen LogP contribution in [0, 0.1) is 36.2 Å². The van der Waals surface area contributed by atoms with Gasteiger partial charge in [-0.2, -0.15) is 0 Å². The summed E-state index contributed by atoms with van der Waals surface area (Å²) in [6.07, 6.45) is 3.80. The highest BCUT2D eigenvalue weighted by molar-refractivity contribution is 14.1. The lowest BCUT2D eigenvalue weighted by Gasteiger charge is -2.58. The smallest absolute Gasteiger partial charge is 0.344 e. The maximum absolute atomic E-state index is 12.6. The van der Waals surface area contributed by atoms with Gasteiger partial charge in [0, 0.05) is 17.4 Å². The van der Waals surface area contributed by atoms with E-state index < -0.39 is 5.97 Å². The van der Waals surface area contributed by atoms with Gasteiger partial charge in [-0.15, -0.1) is 0 Å². The average molecular weight is 620 g/mol. The van der Waals surface area contributed by atoms with Crippen molar-refractivity contribution in [2.24, 2.45) is 29.1 Å². The Kier molecular flexibility index (Phi) is 4.56. The van der Waals surface area contributed by atoms with Gasteiger partial charge in [0.15, 0.2) is 6.61 Å². The second-order valence-electron chi connectivity index (χ2n) is 9.15. The number of halogens is 2. The van der Waals surface area contributed by atoms with Crippen LogP contribution in [-0.4, -0.2) is 24.1 Å². The van der Waals surface area contributed by atoms with Gasteiger partial charge in [-0.05, 0) is 108 Å². The predicted octanol–water partition coefficient (Wildman–Crippen LogP) is 4.73. The zero-order chi connectivity index (χ0) is 20.7. The second-order valence-corrected chi connectivity index (χ2v) is 11.5. The van der Waals surface area contributed by atoms with Crippen LogP contribution in [0.5, 0.6) is 11.5 Å². The van der Waals surface area contributed by atoms with Gasteiger partial charge in [0.1, 0.15) is 17.1 Å². The van der Waals surface area contributed by atoms with Gasteiger partial charge in [-0.1, -0.05) is 6.58 Å². The van der Waals surface area contributed by atoms with E-state index in [1.54, 1.807) is 19.1 Å². The molecule has 29 heavy (non-hydrogen) atoms. The molecule has 6 atom stereocenters. The molecule has 1 aromatic carbocycles. The zero-order valence-corrected chi connectivity index (χ0v) is 20.6. The Hall–Kier alpha value is -0.840. The van der Waals surface area contributed by atoms with E-state index in [0.717, 1.165) is 19.0 Å². The van der Waals surface area contributed by atoms with Crippen molar-refractivity contribution in [1.29, 1.82) is 0 Å². The van der Waals surface area contributed by atoms with E-state index in [9.17, 15) is 9.59 Å². The fraction of sp³-hybridized carbons (Fsp3) is 0.545. The molecule has 5 nitrogen and oxygen atoms in total. The van der Waals surface area contributed by atoms with Crippen molar-refractivity contribution in [3.05, 3.63) is 31.4 Å². The summed E-state index contributed by atoms with van der Waals surface area (Å²) in [6.45, 7) is 7.22. The van der Waals surface area contributed by atoms with Gasteiger partial charge in [0.25, 0.3) is 0 Å². The highest BCUT2D eigenvalue weighted by Gasteiger charge is 2.86. The lowest BCUT2D eigenvalue weighted by molar-refractivity contribution is -0.182. The lowest BCUT2D eigenvalue weighted by Crippen LogP contribution is -2.55. The summed E-state index contributed by atoms with van der Waals surface area (Å²) >= 11 is 4.18. The number of ether oxygens (including phenoxy) is 3. The maximum Gasteiger partial charge on any atom is 0.344 e. The van der Waals surface area contributed by atoms with Crippen molar-refractivity contribution in [2.75, 3.05) is 6.61 Å². The number of hydrogen-bond donors (Lipinski definition) is 0. The third-order valence-corrected chi connectivity index (χ3v) is 9.25. The molecule has 4 aliphatic rings. The van der Waals surface area contributed by atoms with Crippen LogP contribution in [0.25, 0.3) is 0 Å². The van der Waals surface area contributed by atoms with E-state index in [1.807, 2.05) is 0 Å². The average Bonchev–Trinajstić information content (AvgIpc) is 3.35. The molecule has 0 amide bonds. The standard InChI is InChI=1S/C22H22I2O5/c1-10(2)20(26)28-16-6-13(23)15(5-14(16)24)27-9-18(25)29-21(3)12-4-11-7-22(19(11)12)8-17(21)22/h5-6,11-12,17,19H,1,4,7-9H2,2-3H3. The fourth-order valence-corrected chi connectivity index (χ4v) is 7.42. The monoisotopic (exact) mass is 620 g/mol. The van der Waals surface area contributed by atoms with Gasteiger partial charge in [0.2, 0.25) is 0 Å². The largest absolute Gasteiger partial charge is 0.481 e. The Morgan fingerprint density at radius 3 is 2.55 bits per heavy atom. The van der Waals surface area contributed by atoms with Crippen molar-refractivity contribution >= 4 is 57.1 Å². The van der Waals surface area contributed by atoms with E-state index in [-0.39, 0.29) is 18.2 Å². The van der Waals surface area contributed by atoms with Crippen LogP contribution in [0.3, 0.4) is 0 Å². The molecule has 0 heterocycles. The van der Waals surface area contributed by atoms with E-state index >= 15 is 0 Å². The first-order valence-corrected chi connectivity index (χ1v) is 12.0. The maximum atomic E-state index is 12.6. The number of rotatable bonds is 6. The minimum absolute atomic E-state index is 0.118. The lowest BCUT2D eigenvalue weighted by atomic mass is 9.47. The van der Waals surface area contributed by atoms with E-state index in [0.29, 0.717) is 34.3 Å². The van der Waals surface area contributed by atoms with Gasteiger partial charge < -0.3 is 14.2 Å². The molecule has 5 rings (SSSR count). The molecular formula is C22H22I2O5. The minimum Gasteiger partial charge on any atom is -0.481 e. The Morgan fingerprint density at radius 2 is 1.90 bits per heavy atom. The number of carbonyl (C=O) groups excluding carboxylic acids is 2. The third-order valence-electron chi connectivity index (χ3n) is 7.57. The van der Waals surface area contributed by atoms with E-state index in [4.69, 9.17) is 14.2 Å². The third kappa shape index (κ3) is 2.89. The van der Waals surface area contributed by atoms with Crippen LogP contribution in [0.2, 0.25) is 0 Å². The highest BCUT2D eigenvalue weighted by atomic mass is 127. The van der Waals surface area contributed by atoms with Crippen LogP contribution < -0.4 is 9.47 Å². The SMILES string of the molecule is C=C(C)C(=O)Oc1cc(I)c(OCC(=O)OC2(C)C3CC4CC5(CC52)C43)cc1I. The number of esters is 2. The van der Waals surface area contributed by atoms with Crippen molar-refractivity contribution < 1.29 is 23.8 Å². The Balaban J connectivity index is 1.21. The summed E-state index contributed by atoms with van der Waals surface area (Å²) < 4.78 is 18.6. The van der Waals surface area contributed by atoms with Crippen LogP contribution in [0.15, 0.2) is 24.3 Å². The van der Waals surface area contributed by atoms with Crippen molar-refractivity contribution in [3.63, 3.8) is 0 Å². The molecule has 6 unspecified atom stereocenters. The highest BCUT2D eigenvalue weighted by Crippen LogP contribution is 2.88. The summed E-state index contributed by atoms with van der Waals surface area (Å²) in [6, 6.07) is 3.49. The van der Waals surface area contributed by atoms with Crippen LogP contribution in [-0.2, 0) is 14.3 Å². The molecule has 154 valence electrons. The molecule has 4 aliphatic carbocycles. The molecule has 0 radical (unpaired) electrons. The molecule has 7 heteroatoms. The summed E-state index contributed by atoms with van der Waals surface area (Å²) in [5, 5.41) is 0. The van der Waals surface area contributed by atoms with E-state index in [2.05, 4.69) is 58.7 Å². The van der Waals surface area contributed by atoms with Gasteiger partial charge in [0.05, 0.1) is 7.14 Å². The number of benzene rings is 1. The molecular weight excluding hydrogens is 598 g/mol. The molecule has 1 spiro atoms. The number of carbonyl (C=O) groups is 2. The summed E-state index contributed by atoms with van der Waals surface area (Å²) in [4.78, 5) is 24.3. The first kappa shape index (κ1) is 20.1. The predicted molar refractivity (Wildman–Crippen MR) is 123 cm³/mol. The normalized spacial score (nSPS) is 37.4. The molecule has 0 bridgehead atoms. The fourth-order valence-electron chi connectivity index (χ4n) is 6.28. The zero-order valence-electron chi connectivity index (χ0n) is 16.3. The van der Waals surface area contributed by atoms with Gasteiger partial charge >= 0.3 is 11.9 Å². The first-order chi connectivity index (χ1) is 13.7. The summed E-state index contributed by atoms with van der Waals surface area (Å²) in [5.74, 6) is 3.05. The Morgan fingerprint density at radius 1 is 1.21 bits per heavy atom. The first-order valence-electron chi connectivity index (χ1n) is 9.87. The van der Waals surface area contributed by atoms with Crippen molar-refractivity contribution in [1.82, 2.24) is 0 Å². The quantitative estimate of drug-likeness (QED) is 0.199.